The van der Waals surface area contributed by atoms with Gasteiger partial charge in [-0.15, -0.1) is 5.10 Å². The average molecular weight is 567 g/mol. The van der Waals surface area contributed by atoms with Crippen LogP contribution in [-0.2, 0) is 14.3 Å². The number of likely N-dealkylation sites (tertiary alicyclic amines) is 1. The van der Waals surface area contributed by atoms with E-state index in [9.17, 15) is 9.59 Å². The van der Waals surface area contributed by atoms with Gasteiger partial charge < -0.3 is 15.4 Å². The number of amides is 1. The van der Waals surface area contributed by atoms with Gasteiger partial charge in [0.05, 0.1) is 6.54 Å². The normalized spacial score (nSPS) is 17.7. The van der Waals surface area contributed by atoms with Crippen molar-refractivity contribution in [2.75, 3.05) is 30.3 Å². The lowest BCUT2D eigenvalue weighted by atomic mass is 10.1. The van der Waals surface area contributed by atoms with Crippen LogP contribution in [0.4, 0.5) is 21.7 Å². The van der Waals surface area contributed by atoms with Crippen molar-refractivity contribution in [2.45, 2.75) is 55.4 Å². The zero-order valence-corrected chi connectivity index (χ0v) is 23.5. The topological polar surface area (TPSA) is 130 Å². The Morgan fingerprint density at radius 1 is 1.23 bits per heavy atom. The third-order valence-electron chi connectivity index (χ3n) is 6.10. The smallest absolute Gasteiger partial charge is 0.345 e. The quantitative estimate of drug-likeness (QED) is 0.267. The third-order valence-corrected chi connectivity index (χ3v) is 6.96. The highest BCUT2D eigenvalue weighted by Gasteiger charge is 2.48. The van der Waals surface area contributed by atoms with Crippen molar-refractivity contribution in [3.05, 3.63) is 54.4 Å². The molecule has 1 saturated heterocycles. The van der Waals surface area contributed by atoms with Gasteiger partial charge in [0.15, 0.2) is 11.6 Å². The lowest BCUT2D eigenvalue weighted by molar-refractivity contribution is -0.168. The molecule has 4 aromatic rings. The van der Waals surface area contributed by atoms with Crippen molar-refractivity contribution in [3.8, 4) is 0 Å². The van der Waals surface area contributed by atoms with Crippen LogP contribution in [0.1, 0.15) is 32.9 Å². The first-order chi connectivity index (χ1) is 19.0. The zero-order valence-electron chi connectivity index (χ0n) is 22.7. The van der Waals surface area contributed by atoms with Crippen LogP contribution in [0, 0.1) is 6.92 Å². The molecule has 0 bridgehead atoms. The maximum absolute atomic E-state index is 15.1. The molecule has 1 aliphatic heterocycles. The number of H-pyrrole nitrogens is 1. The summed E-state index contributed by atoms with van der Waals surface area (Å²) in [4.78, 5) is 32.1. The van der Waals surface area contributed by atoms with Crippen LogP contribution < -0.4 is 10.6 Å². The van der Waals surface area contributed by atoms with Crippen LogP contribution >= 0.6 is 11.8 Å². The number of nitrogens with one attached hydrogen (secondary N) is 3. The Morgan fingerprint density at radius 3 is 2.70 bits per heavy atom. The predicted molar refractivity (Wildman–Crippen MR) is 150 cm³/mol. The van der Waals surface area contributed by atoms with E-state index in [4.69, 9.17) is 4.74 Å². The van der Waals surface area contributed by atoms with Crippen LogP contribution in [0.2, 0.25) is 0 Å². The van der Waals surface area contributed by atoms with Gasteiger partial charge in [-0.3, -0.25) is 14.8 Å². The molecular formula is C27H31FN8O3S. The van der Waals surface area contributed by atoms with Crippen LogP contribution in [0.25, 0.3) is 5.52 Å². The van der Waals surface area contributed by atoms with Crippen LogP contribution in [0.15, 0.2) is 58.7 Å². The largest absolute Gasteiger partial charge is 0.458 e. The Kier molecular flexibility index (Phi) is 7.51. The monoisotopic (exact) mass is 566 g/mol. The molecule has 0 spiro atoms. The summed E-state index contributed by atoms with van der Waals surface area (Å²) in [5, 5.41) is 18.3. The number of aryl methyl sites for hydroxylation is 1. The number of ether oxygens (including phenoxy) is 1. The molecule has 0 aliphatic carbocycles. The van der Waals surface area contributed by atoms with E-state index in [1.54, 1.807) is 42.3 Å². The molecule has 5 rings (SSSR count). The second-order valence-corrected chi connectivity index (χ2v) is 11.8. The fraction of sp³-hybridized carbons (Fsp3) is 0.370. The fourth-order valence-corrected chi connectivity index (χ4v) is 5.04. The van der Waals surface area contributed by atoms with Gasteiger partial charge in [0.25, 0.3) is 0 Å². The molecule has 0 saturated carbocycles. The number of rotatable bonds is 8. The summed E-state index contributed by atoms with van der Waals surface area (Å²) in [6.45, 7) is 7.11. The predicted octanol–water partition coefficient (Wildman–Crippen LogP) is 4.35. The molecule has 1 amide bonds. The number of alkyl halides is 1. The molecule has 1 atom stereocenters. The van der Waals surface area contributed by atoms with E-state index in [2.05, 4.69) is 30.9 Å². The van der Waals surface area contributed by atoms with Gasteiger partial charge in [-0.1, -0.05) is 0 Å². The molecule has 1 aromatic carbocycles. The number of carbonyl (C=O) groups excluding carboxylic acids is 2. The lowest BCUT2D eigenvalue weighted by Gasteiger charge is -2.25. The van der Waals surface area contributed by atoms with Crippen LogP contribution in [0.3, 0.4) is 0 Å². The van der Waals surface area contributed by atoms with Crippen LogP contribution in [-0.4, -0.2) is 72.5 Å². The average Bonchev–Trinajstić information content (AvgIpc) is 3.60. The van der Waals surface area contributed by atoms with Gasteiger partial charge in [-0.2, -0.15) is 5.10 Å². The molecule has 1 aliphatic rings. The summed E-state index contributed by atoms with van der Waals surface area (Å²) >= 11 is 1.38. The SMILES string of the molecule is Cc1cc(Nc2nc(Sc3ccc(NC(=O)CN4CC[C@@](F)(C(=O)OC(C)(C)C)C4)cc3)nn3cccc23)n[nH]1. The van der Waals surface area contributed by atoms with Crippen molar-refractivity contribution in [3.63, 3.8) is 0 Å². The molecule has 1 fully saturated rings. The molecule has 13 heteroatoms. The Labute approximate surface area is 234 Å². The summed E-state index contributed by atoms with van der Waals surface area (Å²) in [7, 11) is 0. The van der Waals surface area contributed by atoms with Gasteiger partial charge in [0.1, 0.15) is 11.1 Å². The van der Waals surface area contributed by atoms with Gasteiger partial charge in [0, 0.05) is 48.1 Å². The second kappa shape index (κ2) is 10.9. The Hall–Kier alpha value is -3.97. The number of aromatic amines is 1. The van der Waals surface area contributed by atoms with Crippen molar-refractivity contribution in [1.29, 1.82) is 0 Å². The molecule has 4 heterocycles. The molecule has 0 radical (unpaired) electrons. The Bertz CT molecular complexity index is 1530. The number of carbonyl (C=O) groups is 2. The van der Waals surface area contributed by atoms with Crippen molar-refractivity contribution >= 4 is 46.5 Å². The van der Waals surface area contributed by atoms with Crippen molar-refractivity contribution in [2.24, 2.45) is 0 Å². The molecule has 0 unspecified atom stereocenters. The number of benzene rings is 1. The minimum Gasteiger partial charge on any atom is -0.458 e. The number of fused-ring (bicyclic) bond motifs is 1. The van der Waals surface area contributed by atoms with E-state index in [0.717, 1.165) is 16.1 Å². The molecule has 210 valence electrons. The van der Waals surface area contributed by atoms with E-state index in [1.165, 1.54) is 11.8 Å². The second-order valence-electron chi connectivity index (χ2n) is 10.7. The Morgan fingerprint density at radius 2 is 2.00 bits per heavy atom. The molecule has 11 nitrogen and oxygen atoms in total. The van der Waals surface area contributed by atoms with Gasteiger partial charge in [-0.25, -0.2) is 18.7 Å². The van der Waals surface area contributed by atoms with Gasteiger partial charge in [0.2, 0.25) is 16.7 Å². The molecule has 3 aromatic heterocycles. The fourth-order valence-electron chi connectivity index (χ4n) is 4.29. The number of nitrogens with zero attached hydrogens (tertiary/aromatic N) is 5. The van der Waals surface area contributed by atoms with E-state index in [-0.39, 0.29) is 25.4 Å². The number of hydrogen-bond donors (Lipinski definition) is 3. The third kappa shape index (κ3) is 6.59. The highest BCUT2D eigenvalue weighted by atomic mass is 32.2. The number of aromatic nitrogens is 5. The summed E-state index contributed by atoms with van der Waals surface area (Å²) in [5.41, 5.74) is -0.528. The van der Waals surface area contributed by atoms with E-state index >= 15 is 4.39 Å². The summed E-state index contributed by atoms with van der Waals surface area (Å²) < 4.78 is 22.1. The number of esters is 1. The van der Waals surface area contributed by atoms with Crippen molar-refractivity contribution in [1.82, 2.24) is 29.7 Å². The maximum Gasteiger partial charge on any atom is 0.345 e. The number of halogens is 1. The number of hydrogen-bond acceptors (Lipinski definition) is 9. The van der Waals surface area contributed by atoms with E-state index in [0.29, 0.717) is 29.0 Å². The van der Waals surface area contributed by atoms with Crippen molar-refractivity contribution < 1.29 is 18.7 Å². The summed E-state index contributed by atoms with van der Waals surface area (Å²) in [6.07, 6.45) is 1.85. The molecule has 3 N–H and O–H groups in total. The molecular weight excluding hydrogens is 535 g/mol. The van der Waals surface area contributed by atoms with Gasteiger partial charge in [-0.05, 0) is 75.9 Å². The number of anilines is 3. The zero-order chi connectivity index (χ0) is 28.5. The minimum absolute atomic E-state index is 0.00341. The van der Waals surface area contributed by atoms with Crippen LogP contribution in [0.5, 0.6) is 0 Å². The highest BCUT2D eigenvalue weighted by molar-refractivity contribution is 7.99. The standard InChI is InChI=1S/C27H31FN8O3S/c1-17-14-21(33-32-17)30-23-20-6-5-12-36(20)34-25(31-23)40-19-9-7-18(8-10-19)29-22(37)15-35-13-11-27(28,16-35)24(38)39-26(2,3)4/h5-10,12,14H,11,13,15-16H2,1-4H3,(H,29,37)(H2,30,31,32,33,34)/t27-/m0/s1. The minimum atomic E-state index is -2.11. The first-order valence-corrected chi connectivity index (χ1v) is 13.6. The summed E-state index contributed by atoms with van der Waals surface area (Å²) in [5.74, 6) is 0.115. The van der Waals surface area contributed by atoms with E-state index in [1.807, 2.05) is 43.5 Å². The molecule has 40 heavy (non-hydrogen) atoms. The Balaban J connectivity index is 1.18. The lowest BCUT2D eigenvalue weighted by Crippen LogP contribution is -2.43. The first kappa shape index (κ1) is 27.6. The first-order valence-electron chi connectivity index (χ1n) is 12.8. The summed E-state index contributed by atoms with van der Waals surface area (Å²) in [6, 6.07) is 13.0. The van der Waals surface area contributed by atoms with Gasteiger partial charge >= 0.3 is 5.97 Å². The van der Waals surface area contributed by atoms with E-state index < -0.39 is 17.2 Å². The maximum atomic E-state index is 15.1. The highest BCUT2D eigenvalue weighted by Crippen LogP contribution is 2.30.